The number of aromatic nitrogens is 3. The number of aryl methyl sites for hydroxylation is 2. The Hall–Kier alpha value is -1.96. The first kappa shape index (κ1) is 18.8. The van der Waals surface area contributed by atoms with Gasteiger partial charge in [0.25, 0.3) is 5.91 Å². The molecule has 0 aliphatic heterocycles. The Morgan fingerprint density at radius 2 is 2.15 bits per heavy atom. The fraction of sp³-hybridized carbons (Fsp3) is 0.389. The van der Waals surface area contributed by atoms with Crippen molar-refractivity contribution in [2.45, 2.75) is 33.9 Å². The van der Waals surface area contributed by atoms with Crippen LogP contribution in [0.2, 0.25) is 5.02 Å². The zero-order valence-electron chi connectivity index (χ0n) is 15.0. The van der Waals surface area contributed by atoms with Gasteiger partial charge in [-0.15, -0.1) is 0 Å². The summed E-state index contributed by atoms with van der Waals surface area (Å²) in [6.07, 6.45) is 0. The van der Waals surface area contributed by atoms with Crippen molar-refractivity contribution in [3.8, 4) is 0 Å². The smallest absolute Gasteiger partial charge is 0.297 e. The molecule has 1 amide bonds. The molecule has 26 heavy (non-hydrogen) atoms. The summed E-state index contributed by atoms with van der Waals surface area (Å²) in [5, 5.41) is 4.98. The van der Waals surface area contributed by atoms with Crippen LogP contribution in [0.1, 0.15) is 30.0 Å². The van der Waals surface area contributed by atoms with Gasteiger partial charge in [-0.25, -0.2) is 0 Å². The van der Waals surface area contributed by atoms with Gasteiger partial charge < -0.3 is 9.30 Å². The molecule has 3 rings (SSSR count). The zero-order valence-corrected chi connectivity index (χ0v) is 16.6. The van der Waals surface area contributed by atoms with E-state index in [-0.39, 0.29) is 5.91 Å². The molecular weight excluding hydrogens is 372 g/mol. The topological polar surface area (TPSA) is 61.4 Å². The zero-order chi connectivity index (χ0) is 18.7. The highest BCUT2D eigenvalue weighted by Gasteiger charge is 2.14. The number of ether oxygens (including phenoxy) is 1. The third-order valence-electron chi connectivity index (χ3n) is 3.93. The third kappa shape index (κ3) is 3.90. The van der Waals surface area contributed by atoms with Crippen LogP contribution in [0.3, 0.4) is 0 Å². The number of carbonyl (C=O) groups is 1. The standard InChI is InChI=1S/C18H21ClN4O2S/c1-4-23-15(10-12(3)21-23)17(24)20-18-22(8-9-25-5-2)14-7-6-13(19)11-16(14)26-18/h6-7,10-11H,4-5,8-9H2,1-3H3. The molecule has 0 aliphatic carbocycles. The van der Waals surface area contributed by atoms with Crippen LogP contribution < -0.4 is 4.80 Å². The molecule has 0 unspecified atom stereocenters. The maximum Gasteiger partial charge on any atom is 0.297 e. The first-order chi connectivity index (χ1) is 12.5. The van der Waals surface area contributed by atoms with Gasteiger partial charge in [0.2, 0.25) is 0 Å². The minimum Gasteiger partial charge on any atom is -0.380 e. The van der Waals surface area contributed by atoms with E-state index in [0.29, 0.717) is 41.8 Å². The van der Waals surface area contributed by atoms with Crippen molar-refractivity contribution in [1.29, 1.82) is 0 Å². The maximum atomic E-state index is 12.7. The van der Waals surface area contributed by atoms with Gasteiger partial charge >= 0.3 is 0 Å². The molecule has 0 spiro atoms. The van der Waals surface area contributed by atoms with Gasteiger partial charge in [0, 0.05) is 24.7 Å². The van der Waals surface area contributed by atoms with E-state index in [2.05, 4.69) is 10.1 Å². The van der Waals surface area contributed by atoms with Gasteiger partial charge in [-0.05, 0) is 45.0 Å². The van der Waals surface area contributed by atoms with Gasteiger partial charge in [-0.3, -0.25) is 9.48 Å². The number of carbonyl (C=O) groups excluding carboxylic acids is 1. The van der Waals surface area contributed by atoms with Crippen LogP contribution in [0.15, 0.2) is 29.3 Å². The lowest BCUT2D eigenvalue weighted by atomic mass is 10.3. The summed E-state index contributed by atoms with van der Waals surface area (Å²) in [7, 11) is 0. The normalized spacial score (nSPS) is 12.2. The van der Waals surface area contributed by atoms with Gasteiger partial charge in [-0.2, -0.15) is 10.1 Å². The van der Waals surface area contributed by atoms with Gasteiger partial charge in [0.05, 0.1) is 22.5 Å². The van der Waals surface area contributed by atoms with E-state index in [1.165, 1.54) is 11.3 Å². The van der Waals surface area contributed by atoms with Crippen LogP contribution in [0.4, 0.5) is 0 Å². The lowest BCUT2D eigenvalue weighted by Gasteiger charge is -2.05. The Morgan fingerprint density at radius 1 is 1.35 bits per heavy atom. The molecule has 0 saturated carbocycles. The van der Waals surface area contributed by atoms with Crippen LogP contribution in [-0.2, 0) is 17.8 Å². The van der Waals surface area contributed by atoms with Crippen molar-refractivity contribution in [3.05, 3.63) is 45.5 Å². The molecule has 0 atom stereocenters. The highest BCUT2D eigenvalue weighted by molar-refractivity contribution is 7.16. The molecule has 3 aromatic rings. The summed E-state index contributed by atoms with van der Waals surface area (Å²) in [6, 6.07) is 7.45. The largest absolute Gasteiger partial charge is 0.380 e. The fourth-order valence-electron chi connectivity index (χ4n) is 2.75. The second-order valence-electron chi connectivity index (χ2n) is 5.75. The monoisotopic (exact) mass is 392 g/mol. The Balaban J connectivity index is 2.08. The molecule has 1 aromatic carbocycles. The number of fused-ring (bicyclic) bond motifs is 1. The second-order valence-corrected chi connectivity index (χ2v) is 7.19. The van der Waals surface area contributed by atoms with Crippen molar-refractivity contribution >= 4 is 39.1 Å². The maximum absolute atomic E-state index is 12.7. The molecule has 0 fully saturated rings. The number of benzene rings is 1. The van der Waals surface area contributed by atoms with Crippen molar-refractivity contribution < 1.29 is 9.53 Å². The summed E-state index contributed by atoms with van der Waals surface area (Å²) in [6.45, 7) is 8.22. The molecule has 2 aromatic heterocycles. The van der Waals surface area contributed by atoms with Gasteiger partial charge in [0.1, 0.15) is 5.69 Å². The van der Waals surface area contributed by atoms with E-state index in [4.69, 9.17) is 16.3 Å². The minimum atomic E-state index is -0.296. The van der Waals surface area contributed by atoms with Crippen LogP contribution in [0.5, 0.6) is 0 Å². The fourth-order valence-corrected chi connectivity index (χ4v) is 4.08. The van der Waals surface area contributed by atoms with Crippen molar-refractivity contribution in [1.82, 2.24) is 14.3 Å². The Labute approximate surface area is 160 Å². The molecular formula is C18H21ClN4O2S. The Bertz CT molecular complexity index is 1000. The van der Waals surface area contributed by atoms with E-state index in [1.54, 1.807) is 10.7 Å². The van der Waals surface area contributed by atoms with Crippen LogP contribution in [0.25, 0.3) is 10.2 Å². The first-order valence-corrected chi connectivity index (χ1v) is 9.73. The number of hydrogen-bond donors (Lipinski definition) is 0. The average molecular weight is 393 g/mol. The molecule has 138 valence electrons. The van der Waals surface area contributed by atoms with Crippen LogP contribution in [0, 0.1) is 6.92 Å². The SMILES string of the molecule is CCOCCn1c(=NC(=O)c2cc(C)nn2CC)sc2cc(Cl)ccc21. The molecule has 6 nitrogen and oxygen atoms in total. The van der Waals surface area contributed by atoms with E-state index in [0.717, 1.165) is 15.9 Å². The number of hydrogen-bond acceptors (Lipinski definition) is 4. The van der Waals surface area contributed by atoms with E-state index in [1.807, 2.05) is 43.5 Å². The van der Waals surface area contributed by atoms with Crippen molar-refractivity contribution in [3.63, 3.8) is 0 Å². The number of thiazole rings is 1. The molecule has 0 N–H and O–H groups in total. The molecule has 0 radical (unpaired) electrons. The summed E-state index contributed by atoms with van der Waals surface area (Å²) in [5.74, 6) is -0.296. The molecule has 0 bridgehead atoms. The number of nitrogens with zero attached hydrogens (tertiary/aromatic N) is 4. The van der Waals surface area contributed by atoms with Crippen LogP contribution in [-0.4, -0.2) is 33.5 Å². The average Bonchev–Trinajstić information content (AvgIpc) is 3.15. The predicted molar refractivity (Wildman–Crippen MR) is 104 cm³/mol. The third-order valence-corrected chi connectivity index (χ3v) is 5.20. The number of halogens is 1. The van der Waals surface area contributed by atoms with Crippen LogP contribution >= 0.6 is 22.9 Å². The Morgan fingerprint density at radius 3 is 2.88 bits per heavy atom. The Kier molecular flexibility index (Phi) is 5.90. The second kappa shape index (κ2) is 8.16. The highest BCUT2D eigenvalue weighted by Crippen LogP contribution is 2.22. The first-order valence-electron chi connectivity index (χ1n) is 8.53. The summed E-state index contributed by atoms with van der Waals surface area (Å²) in [4.78, 5) is 17.8. The molecule has 8 heteroatoms. The van der Waals surface area contributed by atoms with Gasteiger partial charge in [-0.1, -0.05) is 22.9 Å². The summed E-state index contributed by atoms with van der Waals surface area (Å²) >= 11 is 7.56. The quantitative estimate of drug-likeness (QED) is 0.601. The molecule has 2 heterocycles. The number of rotatable bonds is 6. The van der Waals surface area contributed by atoms with Crippen molar-refractivity contribution in [2.75, 3.05) is 13.2 Å². The summed E-state index contributed by atoms with van der Waals surface area (Å²) < 4.78 is 10.1. The molecule has 0 aliphatic rings. The number of amides is 1. The minimum absolute atomic E-state index is 0.296. The summed E-state index contributed by atoms with van der Waals surface area (Å²) in [5.41, 5.74) is 2.29. The lowest BCUT2D eigenvalue weighted by molar-refractivity contribution is 0.0986. The van der Waals surface area contributed by atoms with E-state index in [9.17, 15) is 4.79 Å². The van der Waals surface area contributed by atoms with E-state index >= 15 is 0 Å². The van der Waals surface area contributed by atoms with Gasteiger partial charge in [0.15, 0.2) is 4.80 Å². The predicted octanol–water partition coefficient (Wildman–Crippen LogP) is 3.66. The molecule has 0 saturated heterocycles. The lowest BCUT2D eigenvalue weighted by Crippen LogP contribution is -2.20. The van der Waals surface area contributed by atoms with Crippen molar-refractivity contribution in [2.24, 2.45) is 4.99 Å². The highest BCUT2D eigenvalue weighted by atomic mass is 35.5. The van der Waals surface area contributed by atoms with E-state index < -0.39 is 0 Å².